The van der Waals surface area contributed by atoms with Crippen molar-refractivity contribution < 1.29 is 28.2 Å². The molecule has 2 amide bonds. The second kappa shape index (κ2) is 9.02. The van der Waals surface area contributed by atoms with Crippen LogP contribution in [0.15, 0.2) is 36.4 Å². The van der Waals surface area contributed by atoms with Gasteiger partial charge in [0.1, 0.15) is 5.82 Å². The summed E-state index contributed by atoms with van der Waals surface area (Å²) in [6, 6.07) is 9.68. The van der Waals surface area contributed by atoms with Gasteiger partial charge in [-0.3, -0.25) is 9.59 Å². The fourth-order valence-corrected chi connectivity index (χ4v) is 3.62. The van der Waals surface area contributed by atoms with Gasteiger partial charge in [-0.05, 0) is 6.07 Å². The Bertz CT molecular complexity index is 924. The fraction of sp³-hybridized carbons (Fsp3) is 0.364. The molecule has 160 valence electrons. The highest BCUT2D eigenvalue weighted by molar-refractivity contribution is 6.00. The lowest BCUT2D eigenvalue weighted by molar-refractivity contribution is -0.135. The number of carbonyl (C=O) groups excluding carboxylic acids is 2. The number of nitrogens with zero attached hydrogens (tertiary/aromatic N) is 2. The molecule has 1 aliphatic rings. The van der Waals surface area contributed by atoms with Crippen LogP contribution in [0.3, 0.4) is 0 Å². The topological polar surface area (TPSA) is 68.3 Å². The Morgan fingerprint density at radius 1 is 1.13 bits per heavy atom. The summed E-state index contributed by atoms with van der Waals surface area (Å²) in [5.41, 5.74) is 0.987. The largest absolute Gasteiger partial charge is 0.493 e. The zero-order chi connectivity index (χ0) is 21.8. The van der Waals surface area contributed by atoms with Gasteiger partial charge >= 0.3 is 0 Å². The molecule has 0 aliphatic carbocycles. The molecule has 1 atom stereocenters. The van der Waals surface area contributed by atoms with Gasteiger partial charge in [0.25, 0.3) is 0 Å². The minimum Gasteiger partial charge on any atom is -0.493 e. The van der Waals surface area contributed by atoms with Crippen LogP contribution in [-0.2, 0) is 16.1 Å². The van der Waals surface area contributed by atoms with E-state index in [1.165, 1.54) is 37.2 Å². The Morgan fingerprint density at radius 3 is 2.33 bits per heavy atom. The number of anilines is 1. The van der Waals surface area contributed by atoms with Gasteiger partial charge in [-0.2, -0.15) is 0 Å². The predicted molar refractivity (Wildman–Crippen MR) is 109 cm³/mol. The highest BCUT2D eigenvalue weighted by atomic mass is 19.1. The van der Waals surface area contributed by atoms with Crippen LogP contribution in [-0.4, -0.2) is 51.6 Å². The van der Waals surface area contributed by atoms with Gasteiger partial charge in [0, 0.05) is 44.3 Å². The summed E-state index contributed by atoms with van der Waals surface area (Å²) in [5, 5.41) is 0. The molecule has 7 nitrogen and oxygen atoms in total. The van der Waals surface area contributed by atoms with Crippen molar-refractivity contribution in [3.8, 4) is 17.2 Å². The van der Waals surface area contributed by atoms with Crippen LogP contribution in [0.2, 0.25) is 0 Å². The molecule has 0 saturated carbocycles. The van der Waals surface area contributed by atoms with Crippen molar-refractivity contribution in [2.75, 3.05) is 39.8 Å². The van der Waals surface area contributed by atoms with Crippen molar-refractivity contribution in [3.05, 3.63) is 47.8 Å². The normalized spacial score (nSPS) is 15.8. The Hall–Kier alpha value is -3.29. The summed E-state index contributed by atoms with van der Waals surface area (Å²) >= 11 is 0. The second-order valence-electron chi connectivity index (χ2n) is 7.07. The quantitative estimate of drug-likeness (QED) is 0.694. The Labute approximate surface area is 174 Å². The molecule has 1 saturated heterocycles. The zero-order valence-corrected chi connectivity index (χ0v) is 17.5. The SMILES string of the molecule is COc1cc(N2CC(C(=O)N(C)Cc3ccccc3F)CC2=O)cc(OC)c1OC. The average Bonchev–Trinajstić information content (AvgIpc) is 3.15. The first kappa shape index (κ1) is 21.4. The van der Waals surface area contributed by atoms with E-state index in [4.69, 9.17) is 14.2 Å². The van der Waals surface area contributed by atoms with Gasteiger partial charge in [0.2, 0.25) is 17.6 Å². The Balaban J connectivity index is 1.78. The molecule has 1 aliphatic heterocycles. The summed E-state index contributed by atoms with van der Waals surface area (Å²) in [6.07, 6.45) is 0.0805. The zero-order valence-electron chi connectivity index (χ0n) is 17.5. The van der Waals surface area contributed by atoms with Gasteiger partial charge in [-0.1, -0.05) is 18.2 Å². The summed E-state index contributed by atoms with van der Waals surface area (Å²) in [4.78, 5) is 28.5. The molecule has 3 rings (SSSR count). The van der Waals surface area contributed by atoms with Crippen LogP contribution in [0.4, 0.5) is 10.1 Å². The molecule has 1 unspecified atom stereocenters. The van der Waals surface area contributed by atoms with Crippen molar-refractivity contribution in [2.24, 2.45) is 5.92 Å². The molecule has 0 N–H and O–H groups in total. The van der Waals surface area contributed by atoms with Crippen molar-refractivity contribution in [2.45, 2.75) is 13.0 Å². The van der Waals surface area contributed by atoms with E-state index in [9.17, 15) is 14.0 Å². The van der Waals surface area contributed by atoms with E-state index in [1.54, 1.807) is 37.4 Å². The number of halogens is 1. The van der Waals surface area contributed by atoms with E-state index in [0.29, 0.717) is 28.5 Å². The third kappa shape index (κ3) is 4.17. The molecule has 0 aromatic heterocycles. The number of hydrogen-bond donors (Lipinski definition) is 0. The van der Waals surface area contributed by atoms with Crippen LogP contribution in [0, 0.1) is 11.7 Å². The molecule has 1 fully saturated rings. The van der Waals surface area contributed by atoms with E-state index in [0.717, 1.165) is 0 Å². The third-order valence-corrected chi connectivity index (χ3v) is 5.18. The molecule has 8 heteroatoms. The number of benzene rings is 2. The van der Waals surface area contributed by atoms with Gasteiger partial charge in [0.15, 0.2) is 11.5 Å². The smallest absolute Gasteiger partial charge is 0.228 e. The van der Waals surface area contributed by atoms with Gasteiger partial charge in [0.05, 0.1) is 32.9 Å². The standard InChI is InChI=1S/C22H25FN2O5/c1-24(12-14-7-5-6-8-17(14)23)22(27)15-9-20(26)25(13-15)16-10-18(28-2)21(30-4)19(11-16)29-3/h5-8,10-11,15H,9,12-13H2,1-4H3. The molecule has 0 spiro atoms. The van der Waals surface area contributed by atoms with E-state index >= 15 is 0 Å². The maximum atomic E-state index is 13.9. The van der Waals surface area contributed by atoms with Crippen LogP contribution in [0.1, 0.15) is 12.0 Å². The van der Waals surface area contributed by atoms with Gasteiger partial charge < -0.3 is 24.0 Å². The Morgan fingerprint density at radius 2 is 1.77 bits per heavy atom. The average molecular weight is 416 g/mol. The molecule has 0 bridgehead atoms. The van der Waals surface area contributed by atoms with Crippen molar-refractivity contribution in [1.29, 1.82) is 0 Å². The maximum absolute atomic E-state index is 13.9. The number of hydrogen-bond acceptors (Lipinski definition) is 5. The third-order valence-electron chi connectivity index (χ3n) is 5.18. The molecule has 30 heavy (non-hydrogen) atoms. The van der Waals surface area contributed by atoms with Crippen molar-refractivity contribution >= 4 is 17.5 Å². The number of rotatable bonds is 7. The molecule has 2 aromatic carbocycles. The lowest BCUT2D eigenvalue weighted by atomic mass is 10.1. The summed E-state index contributed by atoms with van der Waals surface area (Å²) in [7, 11) is 6.11. The van der Waals surface area contributed by atoms with Gasteiger partial charge in [-0.25, -0.2) is 4.39 Å². The Kier molecular flexibility index (Phi) is 6.44. The highest BCUT2D eigenvalue weighted by Gasteiger charge is 2.37. The molecule has 1 heterocycles. The predicted octanol–water partition coefficient (Wildman–Crippen LogP) is 2.86. The number of carbonyl (C=O) groups is 2. The first-order valence-corrected chi connectivity index (χ1v) is 9.48. The van der Waals surface area contributed by atoms with Crippen LogP contribution in [0.25, 0.3) is 0 Å². The van der Waals surface area contributed by atoms with Crippen molar-refractivity contribution in [1.82, 2.24) is 4.90 Å². The number of amides is 2. The summed E-state index contributed by atoms with van der Waals surface area (Å²) in [5.74, 6) is 0.000334. The minimum atomic E-state index is -0.520. The number of methoxy groups -OCH3 is 3. The van der Waals surface area contributed by atoms with Crippen LogP contribution in [0.5, 0.6) is 17.2 Å². The molecular weight excluding hydrogens is 391 g/mol. The molecule has 2 aromatic rings. The van der Waals surface area contributed by atoms with E-state index in [1.807, 2.05) is 0 Å². The fourth-order valence-electron chi connectivity index (χ4n) is 3.62. The maximum Gasteiger partial charge on any atom is 0.228 e. The lowest BCUT2D eigenvalue weighted by Gasteiger charge is -2.22. The molecular formula is C22H25FN2O5. The van der Waals surface area contributed by atoms with Crippen LogP contribution < -0.4 is 19.1 Å². The van der Waals surface area contributed by atoms with Crippen LogP contribution >= 0.6 is 0 Å². The second-order valence-corrected chi connectivity index (χ2v) is 7.07. The van der Waals surface area contributed by atoms with E-state index < -0.39 is 5.92 Å². The minimum absolute atomic E-state index is 0.0805. The number of ether oxygens (including phenoxy) is 3. The van der Waals surface area contributed by atoms with E-state index in [-0.39, 0.29) is 37.1 Å². The molecule has 0 radical (unpaired) electrons. The first-order chi connectivity index (χ1) is 14.4. The summed E-state index contributed by atoms with van der Waals surface area (Å²) in [6.45, 7) is 0.359. The van der Waals surface area contributed by atoms with Gasteiger partial charge in [-0.15, -0.1) is 0 Å². The first-order valence-electron chi connectivity index (χ1n) is 9.48. The van der Waals surface area contributed by atoms with E-state index in [2.05, 4.69) is 0 Å². The lowest BCUT2D eigenvalue weighted by Crippen LogP contribution is -2.34. The monoisotopic (exact) mass is 416 g/mol. The van der Waals surface area contributed by atoms with Crippen molar-refractivity contribution in [3.63, 3.8) is 0 Å². The summed E-state index contributed by atoms with van der Waals surface area (Å²) < 4.78 is 29.9. The highest BCUT2D eigenvalue weighted by Crippen LogP contribution is 2.42.